The van der Waals surface area contributed by atoms with Crippen molar-refractivity contribution >= 4 is 5.97 Å². The fourth-order valence-electron chi connectivity index (χ4n) is 1.11. The molecule has 0 radical (unpaired) electrons. The van der Waals surface area contributed by atoms with Crippen LogP contribution in [0, 0.1) is 6.92 Å². The van der Waals surface area contributed by atoms with E-state index in [9.17, 15) is 4.79 Å². The minimum Gasteiger partial charge on any atom is -0.477 e. The summed E-state index contributed by atoms with van der Waals surface area (Å²) in [6.45, 7) is 4.62. The summed E-state index contributed by atoms with van der Waals surface area (Å²) in [7, 11) is 0. The van der Waals surface area contributed by atoms with Gasteiger partial charge in [-0.2, -0.15) is 0 Å². The molecule has 0 atom stereocenters. The molecule has 5 nitrogen and oxygen atoms in total. The number of nitrogens with zero attached hydrogens (tertiary/aromatic N) is 2. The molecule has 1 aromatic rings. The van der Waals surface area contributed by atoms with Gasteiger partial charge in [0.05, 0.1) is 0 Å². The molecule has 0 fully saturated rings. The van der Waals surface area contributed by atoms with Crippen LogP contribution in [0.1, 0.15) is 35.4 Å². The first-order valence-corrected chi connectivity index (χ1v) is 4.79. The summed E-state index contributed by atoms with van der Waals surface area (Å²) >= 11 is 0. The first-order valence-electron chi connectivity index (χ1n) is 4.79. The van der Waals surface area contributed by atoms with Gasteiger partial charge in [-0.3, -0.25) is 0 Å². The summed E-state index contributed by atoms with van der Waals surface area (Å²) in [5.74, 6) is -0.627. The molecule has 0 aliphatic rings. The van der Waals surface area contributed by atoms with E-state index in [0.717, 1.165) is 6.42 Å². The summed E-state index contributed by atoms with van der Waals surface area (Å²) in [6, 6.07) is 1.44. The molecule has 0 spiro atoms. The minimum absolute atomic E-state index is 0.0117. The molecule has 0 aliphatic carbocycles. The van der Waals surface area contributed by atoms with Crippen molar-refractivity contribution in [3.63, 3.8) is 0 Å². The number of hydrogen-bond donors (Lipinski definition) is 1. The fourth-order valence-corrected chi connectivity index (χ4v) is 1.11. The second-order valence-electron chi connectivity index (χ2n) is 3.17. The molecule has 0 amide bonds. The van der Waals surface area contributed by atoms with E-state index in [1.165, 1.54) is 6.07 Å². The molecular formula is C10H14N2O3. The van der Waals surface area contributed by atoms with Gasteiger partial charge in [0.2, 0.25) is 0 Å². The second kappa shape index (κ2) is 5.41. The number of aromatic carboxylic acids is 1. The monoisotopic (exact) mass is 210 g/mol. The van der Waals surface area contributed by atoms with Crippen molar-refractivity contribution in [3.8, 4) is 0 Å². The van der Waals surface area contributed by atoms with Gasteiger partial charge in [-0.15, -0.1) is 0 Å². The Morgan fingerprint density at radius 1 is 1.53 bits per heavy atom. The highest BCUT2D eigenvalue weighted by Gasteiger charge is 2.08. The number of hydrogen-bond acceptors (Lipinski definition) is 4. The van der Waals surface area contributed by atoms with Crippen LogP contribution < -0.4 is 0 Å². The predicted octanol–water partition coefficient (Wildman–Crippen LogP) is 1.41. The first-order chi connectivity index (χ1) is 7.13. The molecule has 0 aliphatic heterocycles. The molecule has 0 aromatic carbocycles. The van der Waals surface area contributed by atoms with Crippen LogP contribution in [-0.4, -0.2) is 27.7 Å². The van der Waals surface area contributed by atoms with Crippen LogP contribution in [0.25, 0.3) is 0 Å². The van der Waals surface area contributed by atoms with Gasteiger partial charge >= 0.3 is 5.97 Å². The highest BCUT2D eigenvalue weighted by molar-refractivity contribution is 5.85. The Morgan fingerprint density at radius 2 is 2.27 bits per heavy atom. The van der Waals surface area contributed by atoms with Crippen LogP contribution in [0.5, 0.6) is 0 Å². The third-order valence-electron chi connectivity index (χ3n) is 1.70. The maximum atomic E-state index is 10.7. The SMILES string of the molecule is CCCOCc1nc(C)cc(C(=O)O)n1. The Hall–Kier alpha value is -1.49. The minimum atomic E-state index is -1.04. The number of carboxylic acid groups (broad SMARTS) is 1. The van der Waals surface area contributed by atoms with Gasteiger partial charge in [0, 0.05) is 12.3 Å². The van der Waals surface area contributed by atoms with Crippen molar-refractivity contribution in [2.45, 2.75) is 26.9 Å². The van der Waals surface area contributed by atoms with Crippen molar-refractivity contribution in [2.75, 3.05) is 6.61 Å². The molecule has 1 heterocycles. The lowest BCUT2D eigenvalue weighted by molar-refractivity contribution is 0.0687. The van der Waals surface area contributed by atoms with E-state index in [4.69, 9.17) is 9.84 Å². The molecule has 0 saturated heterocycles. The van der Waals surface area contributed by atoms with Gasteiger partial charge in [-0.05, 0) is 19.4 Å². The summed E-state index contributed by atoms with van der Waals surface area (Å²) in [4.78, 5) is 18.7. The molecule has 82 valence electrons. The van der Waals surface area contributed by atoms with E-state index in [2.05, 4.69) is 9.97 Å². The van der Waals surface area contributed by atoms with E-state index in [1.807, 2.05) is 6.92 Å². The van der Waals surface area contributed by atoms with Gasteiger partial charge in [0.1, 0.15) is 6.61 Å². The van der Waals surface area contributed by atoms with E-state index < -0.39 is 5.97 Å². The summed E-state index contributed by atoms with van der Waals surface area (Å²) < 4.78 is 5.24. The van der Waals surface area contributed by atoms with Gasteiger partial charge in [0.25, 0.3) is 0 Å². The van der Waals surface area contributed by atoms with E-state index in [0.29, 0.717) is 18.1 Å². The number of ether oxygens (including phenoxy) is 1. The molecular weight excluding hydrogens is 196 g/mol. The lowest BCUT2D eigenvalue weighted by atomic mass is 10.3. The third-order valence-corrected chi connectivity index (χ3v) is 1.70. The molecule has 0 saturated carbocycles. The zero-order valence-electron chi connectivity index (χ0n) is 8.86. The Balaban J connectivity index is 2.75. The van der Waals surface area contributed by atoms with Gasteiger partial charge in [0.15, 0.2) is 11.5 Å². The standard InChI is InChI=1S/C10H14N2O3/c1-3-4-15-6-9-11-7(2)5-8(12-9)10(13)14/h5H,3-4,6H2,1-2H3,(H,13,14). The number of carbonyl (C=O) groups is 1. The van der Waals surface area contributed by atoms with Gasteiger partial charge in [-0.1, -0.05) is 6.92 Å². The molecule has 1 rings (SSSR count). The molecule has 5 heteroatoms. The number of rotatable bonds is 5. The summed E-state index contributed by atoms with van der Waals surface area (Å²) in [6.07, 6.45) is 0.914. The highest BCUT2D eigenvalue weighted by Crippen LogP contribution is 2.02. The quantitative estimate of drug-likeness (QED) is 0.744. The molecule has 15 heavy (non-hydrogen) atoms. The third kappa shape index (κ3) is 3.63. The Labute approximate surface area is 88.1 Å². The van der Waals surface area contributed by atoms with Gasteiger partial charge in [-0.25, -0.2) is 14.8 Å². The largest absolute Gasteiger partial charge is 0.477 e. The average Bonchev–Trinajstić information content (AvgIpc) is 2.17. The lowest BCUT2D eigenvalue weighted by Gasteiger charge is -2.03. The zero-order valence-corrected chi connectivity index (χ0v) is 8.86. The molecule has 1 N–H and O–H groups in total. The topological polar surface area (TPSA) is 72.3 Å². The van der Waals surface area contributed by atoms with E-state index in [-0.39, 0.29) is 12.3 Å². The van der Waals surface area contributed by atoms with Crippen LogP contribution in [0.3, 0.4) is 0 Å². The molecule has 0 unspecified atom stereocenters. The van der Waals surface area contributed by atoms with Crippen LogP contribution in [0.15, 0.2) is 6.07 Å². The van der Waals surface area contributed by atoms with Crippen LogP contribution in [-0.2, 0) is 11.3 Å². The predicted molar refractivity (Wildman–Crippen MR) is 53.7 cm³/mol. The van der Waals surface area contributed by atoms with Crippen molar-refractivity contribution in [1.82, 2.24) is 9.97 Å². The fraction of sp³-hybridized carbons (Fsp3) is 0.500. The van der Waals surface area contributed by atoms with Crippen LogP contribution in [0.4, 0.5) is 0 Å². The highest BCUT2D eigenvalue weighted by atomic mass is 16.5. The van der Waals surface area contributed by atoms with Crippen molar-refractivity contribution in [3.05, 3.63) is 23.3 Å². The Kier molecular flexibility index (Phi) is 4.17. The molecule has 1 aromatic heterocycles. The Morgan fingerprint density at radius 3 is 2.87 bits per heavy atom. The normalized spacial score (nSPS) is 10.3. The van der Waals surface area contributed by atoms with Crippen molar-refractivity contribution < 1.29 is 14.6 Å². The number of aromatic nitrogens is 2. The number of aryl methyl sites for hydroxylation is 1. The Bertz CT molecular complexity index is 353. The summed E-state index contributed by atoms with van der Waals surface area (Å²) in [5.41, 5.74) is 0.648. The second-order valence-corrected chi connectivity index (χ2v) is 3.17. The van der Waals surface area contributed by atoms with Crippen LogP contribution in [0.2, 0.25) is 0 Å². The molecule has 0 bridgehead atoms. The van der Waals surface area contributed by atoms with Crippen molar-refractivity contribution in [1.29, 1.82) is 0 Å². The summed E-state index contributed by atoms with van der Waals surface area (Å²) in [5, 5.41) is 8.77. The zero-order chi connectivity index (χ0) is 11.3. The van der Waals surface area contributed by atoms with Crippen LogP contribution >= 0.6 is 0 Å². The maximum absolute atomic E-state index is 10.7. The average molecular weight is 210 g/mol. The maximum Gasteiger partial charge on any atom is 0.354 e. The van der Waals surface area contributed by atoms with E-state index in [1.54, 1.807) is 6.92 Å². The number of carboxylic acids is 1. The van der Waals surface area contributed by atoms with Crippen molar-refractivity contribution in [2.24, 2.45) is 0 Å². The van der Waals surface area contributed by atoms with Gasteiger partial charge < -0.3 is 9.84 Å². The first kappa shape index (κ1) is 11.6. The smallest absolute Gasteiger partial charge is 0.354 e. The lowest BCUT2D eigenvalue weighted by Crippen LogP contribution is -2.08. The van der Waals surface area contributed by atoms with E-state index >= 15 is 0 Å².